The molecule has 0 unspecified atom stereocenters. The molecule has 0 amide bonds. The predicted octanol–water partition coefficient (Wildman–Crippen LogP) is 4.25. The number of hydrogen-bond acceptors (Lipinski definition) is 2. The van der Waals surface area contributed by atoms with Crippen LogP contribution in [0.2, 0.25) is 0 Å². The molecule has 0 radical (unpaired) electrons. The van der Waals surface area contributed by atoms with Gasteiger partial charge in [0.2, 0.25) is 0 Å². The molecular formula is C16H31N3P+. The molecule has 0 N–H and O–H groups in total. The van der Waals surface area contributed by atoms with Gasteiger partial charge in [-0.15, -0.1) is 11.7 Å². The second-order valence-corrected chi connectivity index (χ2v) is 10.2. The third-order valence-electron chi connectivity index (χ3n) is 3.84. The van der Waals surface area contributed by atoms with E-state index in [-0.39, 0.29) is 0 Å². The Morgan fingerprint density at radius 3 is 2.20 bits per heavy atom. The number of aryl methyl sites for hydroxylation is 1. The molecule has 1 heterocycles. The van der Waals surface area contributed by atoms with Crippen LogP contribution in [0.3, 0.4) is 0 Å². The summed E-state index contributed by atoms with van der Waals surface area (Å²) in [6.07, 6.45) is 14.8. The first-order chi connectivity index (χ1) is 9.69. The van der Waals surface area contributed by atoms with Gasteiger partial charge in [-0.05, 0) is 19.3 Å². The summed E-state index contributed by atoms with van der Waals surface area (Å²) in [4.78, 5) is 0. The van der Waals surface area contributed by atoms with Crippen LogP contribution in [0, 0.1) is 0 Å². The van der Waals surface area contributed by atoms with E-state index in [1.54, 1.807) is 0 Å². The minimum Gasteiger partial charge on any atom is -0.248 e. The van der Waals surface area contributed by atoms with Crippen molar-refractivity contribution in [2.45, 2.75) is 53.0 Å². The molecule has 3 nitrogen and oxygen atoms in total. The van der Waals surface area contributed by atoms with Crippen molar-refractivity contribution < 1.29 is 0 Å². The minimum absolute atomic E-state index is 0.756. The van der Waals surface area contributed by atoms with Gasteiger partial charge in [-0.1, -0.05) is 32.1 Å². The first-order valence-electron chi connectivity index (χ1n) is 8.04. The lowest BCUT2D eigenvalue weighted by atomic mass is 10.4. The van der Waals surface area contributed by atoms with Crippen LogP contribution >= 0.6 is 7.26 Å². The third-order valence-corrected chi connectivity index (χ3v) is 9.20. The van der Waals surface area contributed by atoms with Crippen LogP contribution in [0.1, 0.15) is 45.7 Å². The van der Waals surface area contributed by atoms with Crippen LogP contribution in [0.25, 0.3) is 0 Å². The summed E-state index contributed by atoms with van der Waals surface area (Å²) in [5.41, 5.74) is 1.15. The van der Waals surface area contributed by atoms with Crippen LogP contribution in [0.5, 0.6) is 0 Å². The number of rotatable bonds is 11. The zero-order valence-electron chi connectivity index (χ0n) is 13.5. The minimum atomic E-state index is -0.765. The fourth-order valence-electron chi connectivity index (χ4n) is 3.12. The predicted molar refractivity (Wildman–Crippen MR) is 91.2 cm³/mol. The van der Waals surface area contributed by atoms with E-state index < -0.39 is 7.26 Å². The lowest BCUT2D eigenvalue weighted by Gasteiger charge is -2.26. The molecule has 0 spiro atoms. The molecule has 4 heteroatoms. The summed E-state index contributed by atoms with van der Waals surface area (Å²) < 4.78 is 1.88. The summed E-state index contributed by atoms with van der Waals surface area (Å²) in [6.45, 7) is 11.5. The van der Waals surface area contributed by atoms with Crippen LogP contribution in [0.4, 0.5) is 0 Å². The van der Waals surface area contributed by atoms with Gasteiger partial charge in [0, 0.05) is 19.9 Å². The standard InChI is InChI=1S/C16H31N3P/c1-5-10-19-15-16(17-18-19)9-14-20(11-6-2,12-7-3)13-8-4/h5,15H,1,6-14H2,2-4H3/q+1. The van der Waals surface area contributed by atoms with Crippen molar-refractivity contribution in [2.24, 2.45) is 0 Å². The summed E-state index contributed by atoms with van der Waals surface area (Å²) in [7, 11) is -0.765. The highest BCUT2D eigenvalue weighted by Gasteiger charge is 2.34. The Morgan fingerprint density at radius 1 is 1.10 bits per heavy atom. The maximum absolute atomic E-state index is 4.30. The van der Waals surface area contributed by atoms with Crippen LogP contribution in [-0.4, -0.2) is 39.6 Å². The van der Waals surface area contributed by atoms with Gasteiger partial charge in [-0.3, -0.25) is 0 Å². The highest BCUT2D eigenvalue weighted by atomic mass is 31.2. The third kappa shape index (κ3) is 5.36. The number of allylic oxidation sites excluding steroid dienone is 1. The lowest BCUT2D eigenvalue weighted by Crippen LogP contribution is -2.13. The second-order valence-electron chi connectivity index (χ2n) is 5.71. The van der Waals surface area contributed by atoms with Crippen LogP contribution in [-0.2, 0) is 13.0 Å². The summed E-state index contributed by atoms with van der Waals surface area (Å²) in [5.74, 6) is 0. The van der Waals surface area contributed by atoms with Gasteiger partial charge >= 0.3 is 0 Å². The monoisotopic (exact) mass is 296 g/mol. The van der Waals surface area contributed by atoms with Gasteiger partial charge in [-0.2, -0.15) is 0 Å². The quantitative estimate of drug-likeness (QED) is 0.451. The maximum Gasteiger partial charge on any atom is 0.0863 e. The number of nitrogens with zero attached hydrogens (tertiary/aromatic N) is 3. The molecule has 0 saturated heterocycles. The molecular weight excluding hydrogens is 265 g/mol. The largest absolute Gasteiger partial charge is 0.248 e. The molecule has 0 saturated carbocycles. The molecule has 1 aromatic heterocycles. The Morgan fingerprint density at radius 2 is 1.70 bits per heavy atom. The molecule has 0 aliphatic carbocycles. The first-order valence-corrected chi connectivity index (χ1v) is 10.6. The smallest absolute Gasteiger partial charge is 0.0863 e. The fraction of sp³-hybridized carbons (Fsp3) is 0.750. The van der Waals surface area contributed by atoms with Crippen molar-refractivity contribution in [3.05, 3.63) is 24.5 Å². The van der Waals surface area contributed by atoms with Gasteiger partial charge in [-0.25, -0.2) is 4.68 Å². The molecule has 114 valence electrons. The van der Waals surface area contributed by atoms with E-state index in [9.17, 15) is 0 Å². The van der Waals surface area contributed by atoms with Crippen LogP contribution in [0.15, 0.2) is 18.9 Å². The first kappa shape index (κ1) is 17.4. The van der Waals surface area contributed by atoms with Crippen molar-refractivity contribution in [3.63, 3.8) is 0 Å². The molecule has 20 heavy (non-hydrogen) atoms. The summed E-state index contributed by atoms with van der Waals surface area (Å²) in [5, 5.41) is 8.45. The highest BCUT2D eigenvalue weighted by Crippen LogP contribution is 2.60. The van der Waals surface area contributed by atoms with E-state index >= 15 is 0 Å². The van der Waals surface area contributed by atoms with E-state index in [4.69, 9.17) is 0 Å². The molecule has 1 rings (SSSR count). The molecule has 0 fully saturated rings. The van der Waals surface area contributed by atoms with E-state index in [1.165, 1.54) is 43.9 Å². The molecule has 0 aromatic carbocycles. The van der Waals surface area contributed by atoms with Gasteiger partial charge in [0.05, 0.1) is 36.9 Å². The topological polar surface area (TPSA) is 30.7 Å². The van der Waals surface area contributed by atoms with Crippen molar-refractivity contribution in [1.82, 2.24) is 15.0 Å². The van der Waals surface area contributed by atoms with Crippen molar-refractivity contribution in [2.75, 3.05) is 24.6 Å². The van der Waals surface area contributed by atoms with Crippen molar-refractivity contribution in [1.29, 1.82) is 0 Å². The van der Waals surface area contributed by atoms with Gasteiger partial charge in [0.25, 0.3) is 0 Å². The van der Waals surface area contributed by atoms with Gasteiger partial charge < -0.3 is 0 Å². The normalized spacial score (nSPS) is 11.8. The Hall–Kier alpha value is -0.690. The van der Waals surface area contributed by atoms with E-state index in [2.05, 4.69) is 43.9 Å². The summed E-state index contributed by atoms with van der Waals surface area (Å²) in [6, 6.07) is 0. The van der Waals surface area contributed by atoms with Gasteiger partial charge in [0.15, 0.2) is 0 Å². The lowest BCUT2D eigenvalue weighted by molar-refractivity contribution is 0.662. The number of hydrogen-bond donors (Lipinski definition) is 0. The van der Waals surface area contributed by atoms with Crippen LogP contribution < -0.4 is 0 Å². The fourth-order valence-corrected chi connectivity index (χ4v) is 8.01. The Kier molecular flexibility index (Phi) is 8.06. The zero-order chi connectivity index (χ0) is 14.8. The zero-order valence-corrected chi connectivity index (χ0v) is 14.4. The van der Waals surface area contributed by atoms with E-state index in [0.29, 0.717) is 0 Å². The summed E-state index contributed by atoms with van der Waals surface area (Å²) >= 11 is 0. The highest BCUT2D eigenvalue weighted by molar-refractivity contribution is 7.75. The van der Waals surface area contributed by atoms with Gasteiger partial charge in [0.1, 0.15) is 0 Å². The molecule has 0 aliphatic rings. The Balaban J connectivity index is 2.65. The molecule has 0 aliphatic heterocycles. The van der Waals surface area contributed by atoms with E-state index in [1.807, 2.05) is 10.8 Å². The Bertz CT molecular complexity index is 370. The van der Waals surface area contributed by atoms with E-state index in [0.717, 1.165) is 18.7 Å². The Labute approximate surface area is 125 Å². The maximum atomic E-state index is 4.30. The van der Waals surface area contributed by atoms with Crippen molar-refractivity contribution in [3.8, 4) is 0 Å². The SMILES string of the molecule is C=CCn1cc(CC[P+](CCC)(CCC)CCC)nn1. The molecule has 1 aromatic rings. The second kappa shape index (κ2) is 9.28. The number of aromatic nitrogens is 3. The molecule has 0 bridgehead atoms. The molecule has 0 atom stereocenters. The average molecular weight is 296 g/mol. The van der Waals surface area contributed by atoms with Crippen molar-refractivity contribution >= 4 is 7.26 Å². The average Bonchev–Trinajstić information content (AvgIpc) is 2.86.